The van der Waals surface area contributed by atoms with Crippen LogP contribution in [0.2, 0.25) is 0 Å². The summed E-state index contributed by atoms with van der Waals surface area (Å²) < 4.78 is 1.91. The number of ketones is 1. The van der Waals surface area contributed by atoms with E-state index in [9.17, 15) is 29.7 Å². The smallest absolute Gasteiger partial charge is 0.309 e. The van der Waals surface area contributed by atoms with Crippen molar-refractivity contribution in [3.8, 4) is 0 Å². The average Bonchev–Trinajstić information content (AvgIpc) is 3.26. The van der Waals surface area contributed by atoms with Gasteiger partial charge in [0.25, 0.3) is 0 Å². The molecule has 0 saturated carbocycles. The highest BCUT2D eigenvalue weighted by Crippen LogP contribution is 2.49. The number of benzene rings is 2. The van der Waals surface area contributed by atoms with Crippen LogP contribution >= 0.6 is 0 Å². The summed E-state index contributed by atoms with van der Waals surface area (Å²) in [6, 6.07) is 15.5. The van der Waals surface area contributed by atoms with Gasteiger partial charge in [-0.3, -0.25) is 14.4 Å². The van der Waals surface area contributed by atoms with Crippen molar-refractivity contribution in [1.29, 1.82) is 0 Å². The first-order valence-corrected chi connectivity index (χ1v) is 13.3. The maximum Gasteiger partial charge on any atom is 0.309 e. The Balaban J connectivity index is 1.57. The number of carbonyl (C=O) groups is 3. The van der Waals surface area contributed by atoms with Crippen molar-refractivity contribution in [3.63, 3.8) is 0 Å². The minimum Gasteiger partial charge on any atom is -0.506 e. The highest BCUT2D eigenvalue weighted by atomic mass is 16.4. The van der Waals surface area contributed by atoms with Crippen molar-refractivity contribution in [2.75, 3.05) is 18.0 Å². The molecule has 0 radical (unpaired) electrons. The van der Waals surface area contributed by atoms with Gasteiger partial charge in [-0.15, -0.1) is 0 Å². The number of hydrogen-bond donors (Lipinski definition) is 3. The molecule has 2 aliphatic heterocycles. The van der Waals surface area contributed by atoms with Crippen molar-refractivity contribution in [3.05, 3.63) is 94.4 Å². The number of aliphatic hydroxyl groups excluding tert-OH is 1. The Hall–Kier alpha value is -4.46. The number of para-hydroxylation sites is 2. The molecule has 206 valence electrons. The number of rotatable bonds is 8. The number of nitrogens with zero attached hydrogens (tertiary/aromatic N) is 2. The van der Waals surface area contributed by atoms with Gasteiger partial charge >= 0.3 is 11.9 Å². The Bertz CT molecular complexity index is 1590. The molecular weight excluding hydrogens is 508 g/mol. The fraction of sp³-hybridized carbons (Fsp3) is 0.312. The normalized spacial score (nSPS) is 20.7. The highest BCUT2D eigenvalue weighted by molar-refractivity contribution is 6.24. The van der Waals surface area contributed by atoms with Gasteiger partial charge in [0.15, 0.2) is 12.3 Å². The van der Waals surface area contributed by atoms with Crippen LogP contribution in [0, 0.1) is 0 Å². The molecule has 0 bridgehead atoms. The zero-order chi connectivity index (χ0) is 29.0. The molecule has 0 saturated heterocycles. The number of carboxylic acid groups (broad SMARTS) is 2. The second-order valence-electron chi connectivity index (χ2n) is 11.4. The third kappa shape index (κ3) is 4.24. The number of allylic oxidation sites excluding steroid dienone is 5. The number of hydrogen-bond acceptors (Lipinski definition) is 5. The fourth-order valence-corrected chi connectivity index (χ4v) is 6.08. The topological polar surface area (TPSA) is 118 Å². The van der Waals surface area contributed by atoms with Crippen LogP contribution in [0.25, 0.3) is 0 Å². The molecule has 2 aromatic carbocycles. The summed E-state index contributed by atoms with van der Waals surface area (Å²) in [6.07, 6.45) is 3.20. The molecule has 3 aliphatic rings. The summed E-state index contributed by atoms with van der Waals surface area (Å²) in [5.41, 5.74) is 4.62. The van der Waals surface area contributed by atoms with Crippen LogP contribution in [-0.2, 0) is 25.2 Å². The molecule has 0 atom stereocenters. The number of Topliss-reactive ketones (excluding diaryl/α,β-unsaturated/α-hetero) is 1. The monoisotopic (exact) mass is 541 g/mol. The van der Waals surface area contributed by atoms with Gasteiger partial charge < -0.3 is 20.2 Å². The predicted molar refractivity (Wildman–Crippen MR) is 151 cm³/mol. The quantitative estimate of drug-likeness (QED) is 0.317. The maximum atomic E-state index is 13.5. The fourth-order valence-electron chi connectivity index (χ4n) is 6.08. The number of carbonyl (C=O) groups excluding carboxylic acids is 1. The minimum atomic E-state index is -0.918. The van der Waals surface area contributed by atoms with Crippen molar-refractivity contribution in [2.45, 2.75) is 51.4 Å². The van der Waals surface area contributed by atoms with Gasteiger partial charge in [-0.05, 0) is 31.6 Å². The van der Waals surface area contributed by atoms with E-state index in [2.05, 4.69) is 0 Å². The van der Waals surface area contributed by atoms with Crippen molar-refractivity contribution >= 4 is 34.8 Å². The van der Waals surface area contributed by atoms with Gasteiger partial charge in [-0.2, -0.15) is 4.58 Å². The molecule has 0 unspecified atom stereocenters. The van der Waals surface area contributed by atoms with Gasteiger partial charge in [-0.25, -0.2) is 0 Å². The summed E-state index contributed by atoms with van der Waals surface area (Å²) in [7, 11) is 0. The minimum absolute atomic E-state index is 0.0774. The Kier molecular flexibility index (Phi) is 6.53. The number of anilines is 1. The van der Waals surface area contributed by atoms with E-state index >= 15 is 0 Å². The molecule has 0 aromatic heterocycles. The summed E-state index contributed by atoms with van der Waals surface area (Å²) in [6.45, 7) is 8.54. The van der Waals surface area contributed by atoms with Gasteiger partial charge in [-0.1, -0.05) is 50.2 Å². The maximum absolute atomic E-state index is 13.5. The molecule has 8 nitrogen and oxygen atoms in total. The molecule has 1 aliphatic carbocycles. The van der Waals surface area contributed by atoms with Crippen LogP contribution in [0.3, 0.4) is 0 Å². The van der Waals surface area contributed by atoms with Crippen LogP contribution in [-0.4, -0.2) is 56.4 Å². The Labute approximate surface area is 232 Å². The summed E-state index contributed by atoms with van der Waals surface area (Å²) >= 11 is 0. The largest absolute Gasteiger partial charge is 0.506 e. The van der Waals surface area contributed by atoms with E-state index in [0.29, 0.717) is 0 Å². The number of aliphatic hydroxyl groups is 1. The van der Waals surface area contributed by atoms with Crippen LogP contribution in [0.15, 0.2) is 83.3 Å². The van der Waals surface area contributed by atoms with E-state index < -0.39 is 22.8 Å². The van der Waals surface area contributed by atoms with Gasteiger partial charge in [0, 0.05) is 41.1 Å². The zero-order valence-electron chi connectivity index (χ0n) is 23.1. The van der Waals surface area contributed by atoms with E-state index in [1.165, 1.54) is 0 Å². The molecule has 0 amide bonds. The zero-order valence-corrected chi connectivity index (χ0v) is 23.1. The van der Waals surface area contributed by atoms with Gasteiger partial charge in [0.1, 0.15) is 12.2 Å². The molecule has 5 rings (SSSR count). The standard InChI is InChI=1S/C32H32N2O6/c1-31(2)21-9-5-7-11-23(21)33(15-13-27(35)36)25(31)17-19-29(39)20(30(19)40)18-26-32(3,4)22-10-6-8-12-24(22)34(26)16-14-28(37)38/h5-12,17-18H,13-16H2,1-4H3,(H2-,35,36,37,38,39,40)/p+1. The van der Waals surface area contributed by atoms with E-state index in [1.54, 1.807) is 12.2 Å². The second kappa shape index (κ2) is 9.62. The third-order valence-electron chi connectivity index (χ3n) is 8.26. The van der Waals surface area contributed by atoms with Crippen LogP contribution in [0.4, 0.5) is 11.4 Å². The second-order valence-corrected chi connectivity index (χ2v) is 11.4. The Morgan fingerprint density at radius 2 is 1.50 bits per heavy atom. The molecular formula is C32H33N2O6+. The first-order valence-electron chi connectivity index (χ1n) is 13.3. The number of aliphatic carboxylic acids is 2. The number of fused-ring (bicyclic) bond motifs is 2. The first kappa shape index (κ1) is 27.1. The van der Waals surface area contributed by atoms with Crippen LogP contribution < -0.4 is 4.90 Å². The van der Waals surface area contributed by atoms with E-state index in [1.807, 2.05) is 85.7 Å². The molecule has 2 heterocycles. The van der Waals surface area contributed by atoms with Crippen molar-refractivity contribution < 1.29 is 34.3 Å². The molecule has 0 fully saturated rings. The lowest BCUT2D eigenvalue weighted by atomic mass is 9.77. The molecule has 8 heteroatoms. The van der Waals surface area contributed by atoms with Gasteiger partial charge in [0.2, 0.25) is 11.5 Å². The lowest BCUT2D eigenvalue weighted by molar-refractivity contribution is -0.436. The highest BCUT2D eigenvalue weighted by Gasteiger charge is 2.47. The third-order valence-corrected chi connectivity index (χ3v) is 8.26. The van der Waals surface area contributed by atoms with Gasteiger partial charge in [0.05, 0.1) is 23.0 Å². The van der Waals surface area contributed by atoms with E-state index in [4.69, 9.17) is 0 Å². The summed E-state index contributed by atoms with van der Waals surface area (Å²) in [5.74, 6) is -2.27. The predicted octanol–water partition coefficient (Wildman–Crippen LogP) is 5.02. The lowest BCUT2D eigenvalue weighted by Gasteiger charge is -2.29. The Morgan fingerprint density at radius 1 is 0.875 bits per heavy atom. The first-order chi connectivity index (χ1) is 18.9. The molecule has 3 N–H and O–H groups in total. The van der Waals surface area contributed by atoms with Crippen LogP contribution in [0.5, 0.6) is 0 Å². The summed E-state index contributed by atoms with van der Waals surface area (Å²) in [5, 5.41) is 29.8. The average molecular weight is 542 g/mol. The van der Waals surface area contributed by atoms with E-state index in [0.717, 1.165) is 33.9 Å². The number of carboxylic acids is 2. The SMILES string of the molecule is CC1(C)C(/C=C2\C(=O)C(/C=C3/N(CCC(=O)O)c4ccccc4C3(C)C)=C2O)=[N+](CCC(=O)O)c2ccccc21. The van der Waals surface area contributed by atoms with Crippen LogP contribution in [0.1, 0.15) is 51.7 Å². The van der Waals surface area contributed by atoms with Crippen molar-refractivity contribution in [2.24, 2.45) is 0 Å². The molecule has 40 heavy (non-hydrogen) atoms. The molecule has 2 aromatic rings. The lowest BCUT2D eigenvalue weighted by Crippen LogP contribution is -2.32. The van der Waals surface area contributed by atoms with E-state index in [-0.39, 0.29) is 48.6 Å². The molecule has 0 spiro atoms. The summed E-state index contributed by atoms with van der Waals surface area (Å²) in [4.78, 5) is 38.2. The Morgan fingerprint density at radius 3 is 2.15 bits per heavy atom. The van der Waals surface area contributed by atoms with Crippen molar-refractivity contribution in [1.82, 2.24) is 0 Å².